The van der Waals surface area contributed by atoms with Crippen LogP contribution in [0.2, 0.25) is 0 Å². The summed E-state index contributed by atoms with van der Waals surface area (Å²) in [6.45, 7) is 0.153. The van der Waals surface area contributed by atoms with Crippen LogP contribution in [0.5, 0.6) is 0 Å². The number of carboxylic acid groups (broad SMARTS) is 1. The van der Waals surface area contributed by atoms with Crippen molar-refractivity contribution in [3.8, 4) is 11.1 Å². The van der Waals surface area contributed by atoms with E-state index in [4.69, 9.17) is 9.84 Å². The fraction of sp³-hybridized carbons (Fsp3) is 0.182. The molecule has 1 heterocycles. The molecule has 1 aliphatic rings. The van der Waals surface area contributed by atoms with E-state index >= 15 is 0 Å². The van der Waals surface area contributed by atoms with Crippen LogP contribution in [0.4, 0.5) is 4.79 Å². The highest BCUT2D eigenvalue weighted by molar-refractivity contribution is 5.79. The number of nitrogens with zero attached hydrogens (tertiary/aromatic N) is 2. The van der Waals surface area contributed by atoms with Gasteiger partial charge in [0, 0.05) is 18.3 Å². The molecule has 0 saturated carbocycles. The molecular weight excluding hydrogens is 370 g/mol. The Labute approximate surface area is 167 Å². The summed E-state index contributed by atoms with van der Waals surface area (Å²) >= 11 is 0. The number of amides is 1. The van der Waals surface area contributed by atoms with Gasteiger partial charge in [0.25, 0.3) is 0 Å². The summed E-state index contributed by atoms with van der Waals surface area (Å²) in [5.41, 5.74) is 4.86. The Bertz CT molecular complexity index is 993. The quantitative estimate of drug-likeness (QED) is 0.669. The third kappa shape index (κ3) is 3.94. The topological polar surface area (TPSA) is 101 Å². The van der Waals surface area contributed by atoms with Crippen molar-refractivity contribution in [2.75, 3.05) is 6.61 Å². The lowest BCUT2D eigenvalue weighted by Crippen LogP contribution is -2.32. The highest BCUT2D eigenvalue weighted by Gasteiger charge is 2.29. The lowest BCUT2D eigenvalue weighted by Gasteiger charge is -2.18. The molecule has 1 atom stereocenters. The fourth-order valence-electron chi connectivity index (χ4n) is 3.68. The summed E-state index contributed by atoms with van der Waals surface area (Å²) < 4.78 is 5.48. The van der Waals surface area contributed by atoms with Gasteiger partial charge in [0.2, 0.25) is 0 Å². The number of aliphatic carboxylic acids is 1. The lowest BCUT2D eigenvalue weighted by molar-refractivity contribution is -0.137. The van der Waals surface area contributed by atoms with E-state index < -0.39 is 18.1 Å². The molecule has 0 aliphatic heterocycles. The number of fused-ring (bicyclic) bond motifs is 3. The van der Waals surface area contributed by atoms with Gasteiger partial charge in [-0.1, -0.05) is 48.5 Å². The molecule has 7 heteroatoms. The Balaban J connectivity index is 1.47. The first-order valence-corrected chi connectivity index (χ1v) is 9.22. The van der Waals surface area contributed by atoms with Gasteiger partial charge in [-0.15, -0.1) is 0 Å². The van der Waals surface area contributed by atoms with Crippen LogP contribution in [0.3, 0.4) is 0 Å². The maximum atomic E-state index is 12.4. The van der Waals surface area contributed by atoms with Crippen LogP contribution >= 0.6 is 0 Å². The van der Waals surface area contributed by atoms with E-state index in [9.17, 15) is 9.59 Å². The van der Waals surface area contributed by atoms with Gasteiger partial charge in [-0.3, -0.25) is 14.8 Å². The molecule has 2 N–H and O–H groups in total. The number of ether oxygens (including phenoxy) is 1. The second-order valence-electron chi connectivity index (χ2n) is 6.75. The van der Waals surface area contributed by atoms with Gasteiger partial charge >= 0.3 is 12.1 Å². The summed E-state index contributed by atoms with van der Waals surface area (Å²) in [6.07, 6.45) is 3.35. The maximum absolute atomic E-state index is 12.4. The van der Waals surface area contributed by atoms with Crippen LogP contribution < -0.4 is 5.32 Å². The highest BCUT2D eigenvalue weighted by Crippen LogP contribution is 2.44. The molecule has 0 bridgehead atoms. The first kappa shape index (κ1) is 18.6. The number of hydrogen-bond acceptors (Lipinski definition) is 5. The molecule has 0 radical (unpaired) electrons. The summed E-state index contributed by atoms with van der Waals surface area (Å²) in [5.74, 6) is -1.12. The minimum Gasteiger partial charge on any atom is -0.481 e. The van der Waals surface area contributed by atoms with E-state index in [1.54, 1.807) is 0 Å². The highest BCUT2D eigenvalue weighted by atomic mass is 16.5. The molecule has 146 valence electrons. The molecule has 1 unspecified atom stereocenters. The number of carbonyl (C=O) groups is 2. The molecule has 0 fully saturated rings. The summed E-state index contributed by atoms with van der Waals surface area (Å²) in [6, 6.07) is 15.3. The minimum atomic E-state index is -1.06. The Morgan fingerprint density at radius 3 is 2.28 bits per heavy atom. The van der Waals surface area contributed by atoms with Gasteiger partial charge in [0.15, 0.2) is 0 Å². The molecular formula is C22H19N3O4. The molecule has 2 aromatic carbocycles. The van der Waals surface area contributed by atoms with Gasteiger partial charge < -0.3 is 15.2 Å². The molecule has 4 rings (SSSR count). The predicted molar refractivity (Wildman–Crippen MR) is 105 cm³/mol. The molecule has 0 saturated heterocycles. The Morgan fingerprint density at radius 1 is 1.03 bits per heavy atom. The van der Waals surface area contributed by atoms with Crippen molar-refractivity contribution in [2.45, 2.75) is 18.4 Å². The molecule has 3 aromatic rings. The van der Waals surface area contributed by atoms with Crippen LogP contribution in [0.25, 0.3) is 11.1 Å². The largest absolute Gasteiger partial charge is 0.481 e. The molecule has 1 aliphatic carbocycles. The first-order chi connectivity index (χ1) is 14.1. The zero-order valence-corrected chi connectivity index (χ0v) is 15.5. The van der Waals surface area contributed by atoms with Crippen molar-refractivity contribution in [3.05, 3.63) is 83.9 Å². The van der Waals surface area contributed by atoms with Crippen LogP contribution in [0.1, 0.15) is 35.2 Å². The molecule has 1 aromatic heterocycles. The number of alkyl carbamates (subject to hydrolysis) is 1. The number of hydrogen-bond donors (Lipinski definition) is 2. The van der Waals surface area contributed by atoms with Gasteiger partial charge in [0.1, 0.15) is 6.61 Å². The number of benzene rings is 2. The smallest absolute Gasteiger partial charge is 0.407 e. The number of aromatic nitrogens is 2. The normalized spacial score (nSPS) is 13.2. The zero-order chi connectivity index (χ0) is 20.2. The third-order valence-corrected chi connectivity index (χ3v) is 4.95. The number of nitrogens with one attached hydrogen (secondary N) is 1. The van der Waals surface area contributed by atoms with E-state index in [2.05, 4.69) is 27.4 Å². The van der Waals surface area contributed by atoms with Crippen LogP contribution in [0, 0.1) is 0 Å². The Hall–Kier alpha value is -3.74. The monoisotopic (exact) mass is 389 g/mol. The second-order valence-corrected chi connectivity index (χ2v) is 6.75. The summed E-state index contributed by atoms with van der Waals surface area (Å²) in [4.78, 5) is 31.6. The van der Waals surface area contributed by atoms with E-state index in [1.165, 1.54) is 18.6 Å². The number of carboxylic acids is 1. The van der Waals surface area contributed by atoms with Crippen molar-refractivity contribution < 1.29 is 19.4 Å². The van der Waals surface area contributed by atoms with E-state index in [1.807, 2.05) is 36.4 Å². The van der Waals surface area contributed by atoms with Gasteiger partial charge in [-0.25, -0.2) is 4.79 Å². The molecule has 29 heavy (non-hydrogen) atoms. The van der Waals surface area contributed by atoms with Crippen molar-refractivity contribution in [1.82, 2.24) is 15.3 Å². The van der Waals surface area contributed by atoms with E-state index in [-0.39, 0.29) is 18.9 Å². The van der Waals surface area contributed by atoms with Gasteiger partial charge in [-0.2, -0.15) is 0 Å². The average molecular weight is 389 g/mol. The molecule has 0 spiro atoms. The van der Waals surface area contributed by atoms with Crippen molar-refractivity contribution in [3.63, 3.8) is 0 Å². The Morgan fingerprint density at radius 2 is 1.69 bits per heavy atom. The van der Waals surface area contributed by atoms with E-state index in [0.29, 0.717) is 5.69 Å². The SMILES string of the molecule is O=C(O)CC(NC(=O)OCC1c2ccccc2-c2ccccc21)c1cnccn1. The lowest BCUT2D eigenvalue weighted by atomic mass is 9.98. The number of rotatable bonds is 6. The van der Waals surface area contributed by atoms with Gasteiger partial charge in [-0.05, 0) is 22.3 Å². The predicted octanol–water partition coefficient (Wildman–Crippen LogP) is 3.53. The minimum absolute atomic E-state index is 0.0670. The van der Waals surface area contributed by atoms with Crippen LogP contribution in [0.15, 0.2) is 67.1 Å². The van der Waals surface area contributed by atoms with Crippen molar-refractivity contribution in [2.24, 2.45) is 0 Å². The number of carbonyl (C=O) groups excluding carboxylic acids is 1. The van der Waals surface area contributed by atoms with Gasteiger partial charge in [0.05, 0.1) is 24.4 Å². The fourth-order valence-corrected chi connectivity index (χ4v) is 3.68. The zero-order valence-electron chi connectivity index (χ0n) is 15.5. The van der Waals surface area contributed by atoms with E-state index in [0.717, 1.165) is 22.3 Å². The van der Waals surface area contributed by atoms with Crippen LogP contribution in [-0.4, -0.2) is 33.7 Å². The maximum Gasteiger partial charge on any atom is 0.407 e. The Kier molecular flexibility index (Phi) is 5.20. The average Bonchev–Trinajstić information content (AvgIpc) is 3.06. The van der Waals surface area contributed by atoms with Crippen LogP contribution in [-0.2, 0) is 9.53 Å². The van der Waals surface area contributed by atoms with Crippen molar-refractivity contribution >= 4 is 12.1 Å². The van der Waals surface area contributed by atoms with Crippen molar-refractivity contribution in [1.29, 1.82) is 0 Å². The third-order valence-electron chi connectivity index (χ3n) is 4.95. The summed E-state index contributed by atoms with van der Waals surface area (Å²) in [5, 5.41) is 11.7. The molecule has 7 nitrogen and oxygen atoms in total. The summed E-state index contributed by atoms with van der Waals surface area (Å²) in [7, 11) is 0. The first-order valence-electron chi connectivity index (χ1n) is 9.22. The standard InChI is InChI=1S/C22H19N3O4/c26-21(27)11-19(20-12-23-9-10-24-20)25-22(28)29-13-18-16-7-3-1-5-14(16)15-6-2-4-8-17(15)18/h1-10,12,18-19H,11,13H2,(H,25,28)(H,26,27). The second kappa shape index (κ2) is 8.10. The molecule has 1 amide bonds.